The van der Waals surface area contributed by atoms with Gasteiger partial charge in [-0.25, -0.2) is 4.68 Å². The zero-order valence-electron chi connectivity index (χ0n) is 15.0. The van der Waals surface area contributed by atoms with Crippen LogP contribution in [-0.2, 0) is 11.2 Å². The van der Waals surface area contributed by atoms with Crippen LogP contribution in [0, 0.1) is 11.3 Å². The van der Waals surface area contributed by atoms with E-state index in [0.29, 0.717) is 12.5 Å². The Morgan fingerprint density at radius 1 is 1.31 bits per heavy atom. The van der Waals surface area contributed by atoms with Crippen LogP contribution in [-0.4, -0.2) is 35.3 Å². The van der Waals surface area contributed by atoms with Crippen molar-refractivity contribution in [1.82, 2.24) is 20.4 Å². The predicted molar refractivity (Wildman–Crippen MR) is 105 cm³/mol. The zero-order valence-corrected chi connectivity index (χ0v) is 15.8. The number of rotatable bonds is 5. The van der Waals surface area contributed by atoms with E-state index < -0.39 is 0 Å². The van der Waals surface area contributed by atoms with Crippen LogP contribution in [0.1, 0.15) is 31.2 Å². The summed E-state index contributed by atoms with van der Waals surface area (Å²) in [5.74, 6) is 0.782. The van der Waals surface area contributed by atoms with Crippen molar-refractivity contribution in [3.8, 4) is 5.69 Å². The van der Waals surface area contributed by atoms with Gasteiger partial charge in [0.15, 0.2) is 0 Å². The highest BCUT2D eigenvalue weighted by Crippen LogP contribution is 2.43. The molecule has 26 heavy (non-hydrogen) atoms. The molecular formula is C20H27ClN4O. The number of nitrogens with one attached hydrogen (secondary N) is 2. The Balaban J connectivity index is 0.00000196. The van der Waals surface area contributed by atoms with Crippen molar-refractivity contribution in [2.45, 2.75) is 32.1 Å². The first kappa shape index (κ1) is 18.9. The van der Waals surface area contributed by atoms with Crippen LogP contribution in [0.15, 0.2) is 42.7 Å². The Labute approximate surface area is 161 Å². The minimum absolute atomic E-state index is 0. The summed E-state index contributed by atoms with van der Waals surface area (Å²) in [5.41, 5.74) is 2.14. The summed E-state index contributed by atoms with van der Waals surface area (Å²) in [6, 6.07) is 10.3. The lowest BCUT2D eigenvalue weighted by Crippen LogP contribution is -2.48. The van der Waals surface area contributed by atoms with Gasteiger partial charge in [0.1, 0.15) is 0 Å². The third-order valence-electron chi connectivity index (χ3n) is 5.89. The molecule has 1 aromatic heterocycles. The number of benzene rings is 1. The smallest absolute Gasteiger partial charge is 0.227 e. The minimum atomic E-state index is -0.151. The molecule has 1 aliphatic carbocycles. The van der Waals surface area contributed by atoms with Crippen LogP contribution in [0.25, 0.3) is 5.69 Å². The van der Waals surface area contributed by atoms with Gasteiger partial charge in [0, 0.05) is 25.5 Å². The quantitative estimate of drug-likeness (QED) is 0.846. The molecule has 4 rings (SSSR count). The van der Waals surface area contributed by atoms with Gasteiger partial charge in [0.2, 0.25) is 5.91 Å². The fourth-order valence-electron chi connectivity index (χ4n) is 4.42. The molecule has 1 saturated carbocycles. The lowest BCUT2D eigenvalue weighted by atomic mass is 9.67. The molecule has 0 bridgehead atoms. The van der Waals surface area contributed by atoms with Crippen LogP contribution in [0.4, 0.5) is 0 Å². The van der Waals surface area contributed by atoms with Crippen molar-refractivity contribution < 1.29 is 4.79 Å². The second-order valence-electron chi connectivity index (χ2n) is 7.35. The van der Waals surface area contributed by atoms with Crippen molar-refractivity contribution in [3.05, 3.63) is 48.3 Å². The van der Waals surface area contributed by atoms with Crippen LogP contribution in [0.5, 0.6) is 0 Å². The average Bonchev–Trinajstić information content (AvgIpc) is 3.32. The molecule has 0 spiro atoms. The Morgan fingerprint density at radius 2 is 2.15 bits per heavy atom. The maximum absolute atomic E-state index is 12.8. The van der Waals surface area contributed by atoms with Crippen molar-refractivity contribution in [2.24, 2.45) is 11.3 Å². The van der Waals surface area contributed by atoms with E-state index in [2.05, 4.69) is 40.0 Å². The molecule has 1 amide bonds. The number of carbonyl (C=O) groups excluding carboxylic acids is 1. The fourth-order valence-corrected chi connectivity index (χ4v) is 4.42. The highest BCUT2D eigenvalue weighted by atomic mass is 35.5. The predicted octanol–water partition coefficient (Wildman–Crippen LogP) is 2.73. The molecule has 5 nitrogen and oxygen atoms in total. The molecule has 2 aliphatic rings. The SMILES string of the molecule is Cl.O=C(NCCc1ccc(-n2cccn2)cc1)[C@@]12CCCC[C@H]1CNC2. The molecular weight excluding hydrogens is 348 g/mol. The molecule has 140 valence electrons. The van der Waals surface area contributed by atoms with E-state index in [1.807, 2.05) is 16.9 Å². The molecule has 1 aliphatic heterocycles. The monoisotopic (exact) mass is 374 g/mol. The second kappa shape index (κ2) is 8.23. The van der Waals surface area contributed by atoms with Gasteiger partial charge >= 0.3 is 0 Å². The summed E-state index contributed by atoms with van der Waals surface area (Å²) in [4.78, 5) is 12.8. The maximum atomic E-state index is 12.8. The molecule has 0 unspecified atom stereocenters. The Morgan fingerprint density at radius 3 is 2.92 bits per heavy atom. The number of aromatic nitrogens is 2. The van der Waals surface area contributed by atoms with E-state index in [0.717, 1.165) is 31.6 Å². The molecule has 6 heteroatoms. The molecule has 2 heterocycles. The molecule has 2 N–H and O–H groups in total. The van der Waals surface area contributed by atoms with Gasteiger partial charge in [-0.05, 0) is 55.5 Å². The summed E-state index contributed by atoms with van der Waals surface area (Å²) in [6.07, 6.45) is 9.25. The number of halogens is 1. The van der Waals surface area contributed by atoms with Gasteiger partial charge < -0.3 is 10.6 Å². The molecule has 0 radical (unpaired) electrons. The van der Waals surface area contributed by atoms with Crippen LogP contribution in [0.2, 0.25) is 0 Å². The topological polar surface area (TPSA) is 59.0 Å². The molecule has 1 saturated heterocycles. The first-order valence-corrected chi connectivity index (χ1v) is 9.36. The Bertz CT molecular complexity index is 716. The first-order valence-electron chi connectivity index (χ1n) is 9.36. The first-order chi connectivity index (χ1) is 12.3. The van der Waals surface area contributed by atoms with Crippen LogP contribution < -0.4 is 10.6 Å². The Hall–Kier alpha value is -1.85. The minimum Gasteiger partial charge on any atom is -0.355 e. The lowest BCUT2D eigenvalue weighted by molar-refractivity contribution is -0.133. The van der Waals surface area contributed by atoms with Crippen LogP contribution in [0.3, 0.4) is 0 Å². The highest BCUT2D eigenvalue weighted by molar-refractivity contribution is 5.85. The third-order valence-corrected chi connectivity index (χ3v) is 5.89. The van der Waals surface area contributed by atoms with E-state index >= 15 is 0 Å². The van der Waals surface area contributed by atoms with Gasteiger partial charge in [0.05, 0.1) is 11.1 Å². The standard InChI is InChI=1S/C20H26N4O.ClH/c25-19(20-10-2-1-4-17(20)14-21-15-20)22-12-9-16-5-7-18(8-6-16)24-13-3-11-23-24;/h3,5-8,11,13,17,21H,1-2,4,9-10,12,14-15H2,(H,22,25);1H/t17-,20+;/m0./s1. The van der Waals surface area contributed by atoms with E-state index in [4.69, 9.17) is 0 Å². The van der Waals surface area contributed by atoms with Gasteiger partial charge in [-0.1, -0.05) is 25.0 Å². The summed E-state index contributed by atoms with van der Waals surface area (Å²) in [7, 11) is 0. The number of hydrogen-bond donors (Lipinski definition) is 2. The molecule has 1 aromatic carbocycles. The summed E-state index contributed by atoms with van der Waals surface area (Å²) in [5, 5.41) is 10.9. The largest absolute Gasteiger partial charge is 0.355 e. The number of carbonyl (C=O) groups is 1. The van der Waals surface area contributed by atoms with Crippen molar-refractivity contribution in [2.75, 3.05) is 19.6 Å². The summed E-state index contributed by atoms with van der Waals surface area (Å²) in [6.45, 7) is 2.55. The number of amides is 1. The molecule has 2 aromatic rings. The molecule has 2 fully saturated rings. The summed E-state index contributed by atoms with van der Waals surface area (Å²) >= 11 is 0. The van der Waals surface area contributed by atoms with Gasteiger partial charge in [-0.15, -0.1) is 12.4 Å². The summed E-state index contributed by atoms with van der Waals surface area (Å²) < 4.78 is 1.85. The van der Waals surface area contributed by atoms with E-state index in [-0.39, 0.29) is 23.7 Å². The van der Waals surface area contributed by atoms with Crippen molar-refractivity contribution in [1.29, 1.82) is 0 Å². The van der Waals surface area contributed by atoms with Gasteiger partial charge in [-0.3, -0.25) is 4.79 Å². The Kier molecular flexibility index (Phi) is 5.99. The van der Waals surface area contributed by atoms with E-state index in [1.165, 1.54) is 24.8 Å². The van der Waals surface area contributed by atoms with Crippen molar-refractivity contribution >= 4 is 18.3 Å². The zero-order chi connectivity index (χ0) is 17.1. The van der Waals surface area contributed by atoms with E-state index in [9.17, 15) is 4.79 Å². The van der Waals surface area contributed by atoms with Gasteiger partial charge in [-0.2, -0.15) is 5.10 Å². The maximum Gasteiger partial charge on any atom is 0.227 e. The number of nitrogens with zero attached hydrogens (tertiary/aromatic N) is 2. The lowest BCUT2D eigenvalue weighted by Gasteiger charge is -2.37. The molecule has 2 atom stereocenters. The second-order valence-corrected chi connectivity index (χ2v) is 7.35. The van der Waals surface area contributed by atoms with Gasteiger partial charge in [0.25, 0.3) is 0 Å². The normalized spacial score (nSPS) is 24.5. The third kappa shape index (κ3) is 3.64. The van der Waals surface area contributed by atoms with Crippen LogP contribution >= 0.6 is 12.4 Å². The van der Waals surface area contributed by atoms with E-state index in [1.54, 1.807) is 6.20 Å². The van der Waals surface area contributed by atoms with Crippen molar-refractivity contribution in [3.63, 3.8) is 0 Å². The fraction of sp³-hybridized carbons (Fsp3) is 0.500. The highest BCUT2D eigenvalue weighted by Gasteiger charge is 2.49. The average molecular weight is 375 g/mol. The number of fused-ring (bicyclic) bond motifs is 1. The number of hydrogen-bond acceptors (Lipinski definition) is 3.